The summed E-state index contributed by atoms with van der Waals surface area (Å²) < 4.78 is 5.78. The van der Waals surface area contributed by atoms with Crippen LogP contribution in [0.25, 0.3) is 10.6 Å². The average Bonchev–Trinajstić information content (AvgIpc) is 2.93. The highest BCUT2D eigenvalue weighted by Gasteiger charge is 2.16. The van der Waals surface area contributed by atoms with Crippen molar-refractivity contribution < 1.29 is 9.53 Å². The zero-order chi connectivity index (χ0) is 18.4. The molecule has 0 atom stereocenters. The van der Waals surface area contributed by atoms with Gasteiger partial charge in [-0.15, -0.1) is 11.3 Å². The molecule has 0 aliphatic carbocycles. The number of benzene rings is 1. The molecule has 0 saturated heterocycles. The van der Waals surface area contributed by atoms with E-state index in [0.29, 0.717) is 17.2 Å². The fraction of sp³-hybridized carbons (Fsp3) is 0.353. The summed E-state index contributed by atoms with van der Waals surface area (Å²) in [6, 6.07) is 7.67. The third-order valence-electron chi connectivity index (χ3n) is 3.32. The van der Waals surface area contributed by atoms with Crippen molar-refractivity contribution in [2.45, 2.75) is 13.3 Å². The molecule has 25 heavy (non-hydrogen) atoms. The number of thiazole rings is 1. The zero-order valence-electron chi connectivity index (χ0n) is 14.7. The number of guanidine groups is 1. The van der Waals surface area contributed by atoms with Crippen LogP contribution in [0.3, 0.4) is 0 Å². The fourth-order valence-corrected chi connectivity index (χ4v) is 3.12. The molecule has 1 aromatic heterocycles. The molecule has 0 aliphatic heterocycles. The quantitative estimate of drug-likeness (QED) is 0.443. The van der Waals surface area contributed by atoms with Gasteiger partial charge in [-0.05, 0) is 39.6 Å². The molecule has 0 aliphatic rings. The van der Waals surface area contributed by atoms with Gasteiger partial charge >= 0.3 is 0 Å². The minimum absolute atomic E-state index is 0.257. The van der Waals surface area contributed by atoms with Gasteiger partial charge in [-0.1, -0.05) is 12.1 Å². The maximum absolute atomic E-state index is 12.0. The van der Waals surface area contributed by atoms with Gasteiger partial charge in [-0.2, -0.15) is 4.99 Å². The van der Waals surface area contributed by atoms with E-state index in [1.807, 2.05) is 38.4 Å². The monoisotopic (exact) mass is 361 g/mol. The summed E-state index contributed by atoms with van der Waals surface area (Å²) in [4.78, 5) is 22.6. The van der Waals surface area contributed by atoms with E-state index in [1.165, 1.54) is 11.3 Å². The molecule has 2 aromatic rings. The Morgan fingerprint density at radius 1 is 1.36 bits per heavy atom. The van der Waals surface area contributed by atoms with Gasteiger partial charge in [0.2, 0.25) is 0 Å². The van der Waals surface area contributed by atoms with Gasteiger partial charge in [0, 0.05) is 12.1 Å². The number of hydrogen-bond donors (Lipinski definition) is 2. The standard InChI is InChI=1S/C17H23N5O2S/c1-11-14(15(23)21-17(18)19)25-16(20-11)12-6-4-7-13(10-12)24-9-5-8-22(2)3/h4,6-7,10H,5,8-9H2,1-3H3,(H4,18,19,21,23). The van der Waals surface area contributed by atoms with Crippen molar-refractivity contribution in [3.8, 4) is 16.3 Å². The van der Waals surface area contributed by atoms with Crippen LogP contribution in [-0.4, -0.2) is 49.0 Å². The molecule has 0 unspecified atom stereocenters. The van der Waals surface area contributed by atoms with Gasteiger partial charge in [-0.3, -0.25) is 4.79 Å². The van der Waals surface area contributed by atoms with Crippen molar-refractivity contribution in [3.05, 3.63) is 34.8 Å². The highest BCUT2D eigenvalue weighted by Crippen LogP contribution is 2.30. The van der Waals surface area contributed by atoms with E-state index in [9.17, 15) is 4.79 Å². The molecule has 0 bridgehead atoms. The van der Waals surface area contributed by atoms with Gasteiger partial charge < -0.3 is 21.1 Å². The number of nitrogens with zero attached hydrogens (tertiary/aromatic N) is 3. The first kappa shape index (κ1) is 18.9. The average molecular weight is 361 g/mol. The van der Waals surface area contributed by atoms with Crippen LogP contribution in [0.1, 0.15) is 21.8 Å². The molecule has 0 radical (unpaired) electrons. The summed E-state index contributed by atoms with van der Waals surface area (Å²) in [5, 5.41) is 0.727. The molecular formula is C17H23N5O2S. The molecule has 0 fully saturated rings. The highest BCUT2D eigenvalue weighted by molar-refractivity contribution is 7.17. The van der Waals surface area contributed by atoms with Crippen molar-refractivity contribution in [1.29, 1.82) is 0 Å². The Labute approximate surface area is 151 Å². The second kappa shape index (κ2) is 8.59. The summed E-state index contributed by atoms with van der Waals surface area (Å²) in [6.45, 7) is 3.38. The number of ether oxygens (including phenoxy) is 1. The van der Waals surface area contributed by atoms with Crippen molar-refractivity contribution >= 4 is 23.2 Å². The van der Waals surface area contributed by atoms with E-state index in [1.54, 1.807) is 6.92 Å². The largest absolute Gasteiger partial charge is 0.494 e. The maximum Gasteiger partial charge on any atom is 0.292 e. The Hall–Kier alpha value is -2.45. The lowest BCUT2D eigenvalue weighted by Gasteiger charge is -2.10. The minimum atomic E-state index is -0.475. The van der Waals surface area contributed by atoms with Gasteiger partial charge in [0.15, 0.2) is 5.96 Å². The lowest BCUT2D eigenvalue weighted by molar-refractivity contribution is 0.101. The number of aryl methyl sites for hydroxylation is 1. The van der Waals surface area contributed by atoms with Crippen molar-refractivity contribution in [3.63, 3.8) is 0 Å². The first-order chi connectivity index (χ1) is 11.9. The fourth-order valence-electron chi connectivity index (χ4n) is 2.18. The van der Waals surface area contributed by atoms with E-state index in [-0.39, 0.29) is 5.96 Å². The predicted molar refractivity (Wildman–Crippen MR) is 101 cm³/mol. The summed E-state index contributed by atoms with van der Waals surface area (Å²) in [6.07, 6.45) is 0.949. The highest BCUT2D eigenvalue weighted by atomic mass is 32.1. The van der Waals surface area contributed by atoms with E-state index in [2.05, 4.69) is 14.9 Å². The van der Waals surface area contributed by atoms with Crippen LogP contribution in [0.2, 0.25) is 0 Å². The molecule has 0 saturated carbocycles. The van der Waals surface area contributed by atoms with E-state index < -0.39 is 5.91 Å². The van der Waals surface area contributed by atoms with Crippen LogP contribution in [0, 0.1) is 6.92 Å². The summed E-state index contributed by atoms with van der Waals surface area (Å²) >= 11 is 1.26. The Morgan fingerprint density at radius 3 is 2.80 bits per heavy atom. The molecule has 7 nitrogen and oxygen atoms in total. The number of rotatable bonds is 7. The Bertz CT molecular complexity index is 766. The van der Waals surface area contributed by atoms with Crippen LogP contribution in [0.5, 0.6) is 5.75 Å². The second-order valence-corrected chi connectivity index (χ2v) is 6.81. The zero-order valence-corrected chi connectivity index (χ0v) is 15.5. The number of amides is 1. The van der Waals surface area contributed by atoms with Crippen LogP contribution in [-0.2, 0) is 0 Å². The van der Waals surface area contributed by atoms with Crippen LogP contribution < -0.4 is 16.2 Å². The van der Waals surface area contributed by atoms with Crippen molar-refractivity contribution in [2.24, 2.45) is 16.5 Å². The van der Waals surface area contributed by atoms with E-state index in [0.717, 1.165) is 29.3 Å². The Balaban J connectivity index is 2.13. The first-order valence-corrected chi connectivity index (χ1v) is 8.68. The van der Waals surface area contributed by atoms with Crippen molar-refractivity contribution in [2.75, 3.05) is 27.2 Å². The maximum atomic E-state index is 12.0. The molecule has 1 amide bonds. The van der Waals surface area contributed by atoms with Crippen molar-refractivity contribution in [1.82, 2.24) is 9.88 Å². The smallest absolute Gasteiger partial charge is 0.292 e. The first-order valence-electron chi connectivity index (χ1n) is 7.86. The van der Waals surface area contributed by atoms with Gasteiger partial charge in [0.05, 0.1) is 12.3 Å². The van der Waals surface area contributed by atoms with Gasteiger partial charge in [-0.25, -0.2) is 4.98 Å². The third-order valence-corrected chi connectivity index (χ3v) is 4.52. The molecule has 4 N–H and O–H groups in total. The topological polar surface area (TPSA) is 107 Å². The number of hydrogen-bond acceptors (Lipinski definition) is 5. The van der Waals surface area contributed by atoms with E-state index in [4.69, 9.17) is 16.2 Å². The van der Waals surface area contributed by atoms with Crippen LogP contribution >= 0.6 is 11.3 Å². The third kappa shape index (κ3) is 5.54. The van der Waals surface area contributed by atoms with Gasteiger partial charge in [0.1, 0.15) is 15.6 Å². The molecule has 134 valence electrons. The molecule has 8 heteroatoms. The number of aliphatic imine (C=N–C) groups is 1. The Morgan fingerprint density at radius 2 is 2.12 bits per heavy atom. The van der Waals surface area contributed by atoms with Crippen LogP contribution in [0.4, 0.5) is 0 Å². The molecule has 2 rings (SSSR count). The summed E-state index contributed by atoms with van der Waals surface area (Å²) in [7, 11) is 4.07. The summed E-state index contributed by atoms with van der Waals surface area (Å²) in [5.41, 5.74) is 12.0. The SMILES string of the molecule is Cc1nc(-c2cccc(OCCCN(C)C)c2)sc1C(=O)N=C(N)N. The molecular weight excluding hydrogens is 338 g/mol. The van der Waals surface area contributed by atoms with E-state index >= 15 is 0 Å². The minimum Gasteiger partial charge on any atom is -0.494 e. The Kier molecular flexibility index (Phi) is 6.49. The second-order valence-electron chi connectivity index (χ2n) is 5.81. The molecule has 0 spiro atoms. The normalized spacial score (nSPS) is 10.7. The van der Waals surface area contributed by atoms with Gasteiger partial charge in [0.25, 0.3) is 5.91 Å². The lowest BCUT2D eigenvalue weighted by atomic mass is 10.2. The van der Waals surface area contributed by atoms with Crippen LogP contribution in [0.15, 0.2) is 29.3 Å². The summed E-state index contributed by atoms with van der Waals surface area (Å²) in [5.74, 6) is 0.0472. The number of carbonyl (C=O) groups is 1. The predicted octanol–water partition coefficient (Wildman–Crippen LogP) is 1.86. The number of carbonyl (C=O) groups excluding carboxylic acids is 1. The number of nitrogens with two attached hydrogens (primary N) is 2. The molecule has 1 heterocycles. The lowest BCUT2D eigenvalue weighted by Crippen LogP contribution is -2.24. The molecule has 1 aromatic carbocycles. The number of aromatic nitrogens is 1.